The maximum atomic E-state index is 11.2. The van der Waals surface area contributed by atoms with Gasteiger partial charge in [-0.15, -0.1) is 0 Å². The first kappa shape index (κ1) is 20.8. The van der Waals surface area contributed by atoms with Gasteiger partial charge in [-0.3, -0.25) is 9.59 Å². The molecule has 0 aromatic heterocycles. The zero-order chi connectivity index (χ0) is 17.2. The van der Waals surface area contributed by atoms with Crippen molar-refractivity contribution in [2.45, 2.75) is 24.2 Å². The Hall–Kier alpha value is -1.50. The normalized spacial score (nSPS) is 13.4. The van der Waals surface area contributed by atoms with E-state index in [1.54, 1.807) is 0 Å². The van der Waals surface area contributed by atoms with Crippen LogP contribution in [-0.4, -0.2) is 36.3 Å². The van der Waals surface area contributed by atoms with Gasteiger partial charge in [0.05, 0.1) is 0 Å². The topological polar surface area (TPSA) is 34.1 Å². The zero-order valence-electron chi connectivity index (χ0n) is 8.35. The first-order valence-corrected chi connectivity index (χ1v) is 3.68. The highest BCUT2D eigenvalue weighted by Gasteiger charge is 2.64. The van der Waals surface area contributed by atoms with Gasteiger partial charge in [0, 0.05) is 0 Å². The second-order valence-electron chi connectivity index (χ2n) is 2.69. The van der Waals surface area contributed by atoms with Crippen molar-refractivity contribution in [3.63, 3.8) is 0 Å². The highest BCUT2D eigenvalue weighted by molar-refractivity contribution is 5.77. The third-order valence-electron chi connectivity index (χ3n) is 1.21. The molecule has 0 fully saturated rings. The van der Waals surface area contributed by atoms with Gasteiger partial charge in [-0.25, -0.2) is 0 Å². The fourth-order valence-corrected chi connectivity index (χ4v) is 0.223. The predicted octanol–water partition coefficient (Wildman–Crippen LogP) is 3.36. The van der Waals surface area contributed by atoms with E-state index in [1.807, 2.05) is 0 Å². The minimum absolute atomic E-state index is 3.69. The maximum Gasteiger partial charge on any atom is 0.464 e. The van der Waals surface area contributed by atoms with Gasteiger partial charge < -0.3 is 0 Å². The van der Waals surface area contributed by atoms with E-state index in [2.05, 4.69) is 0 Å². The highest BCUT2D eigenvalue weighted by atomic mass is 19.4. The Morgan fingerprint density at radius 2 is 0.650 bits per heavy atom. The van der Waals surface area contributed by atoms with Crippen LogP contribution in [0.25, 0.3) is 0 Å². The van der Waals surface area contributed by atoms with Gasteiger partial charge in [0.15, 0.2) is 0 Å². The molecule has 0 amide bonds. The van der Waals surface area contributed by atoms with Crippen molar-refractivity contribution in [3.8, 4) is 0 Å². The molecule has 0 heterocycles. The van der Waals surface area contributed by atoms with Crippen LogP contribution in [0, 0.1) is 0 Å². The van der Waals surface area contributed by atoms with Crippen LogP contribution in [0.15, 0.2) is 0 Å². The van der Waals surface area contributed by atoms with Crippen LogP contribution in [0.2, 0.25) is 0 Å². The van der Waals surface area contributed by atoms with E-state index >= 15 is 0 Å². The lowest BCUT2D eigenvalue weighted by Gasteiger charge is -2.12. The molecule has 0 radical (unpaired) electrons. The molecule has 0 aliphatic heterocycles. The van der Waals surface area contributed by atoms with Crippen LogP contribution in [0.5, 0.6) is 0 Å². The lowest BCUT2D eigenvalue weighted by molar-refractivity contribution is -0.274. The van der Waals surface area contributed by atoms with Crippen LogP contribution in [0.1, 0.15) is 0 Å². The smallest absolute Gasteiger partial charge is 0.254 e. The molecule has 0 unspecified atom stereocenters. The van der Waals surface area contributed by atoms with Crippen LogP contribution >= 0.6 is 0 Å². The molecule has 2 nitrogen and oxygen atoms in total. The second kappa shape index (κ2) is 5.87. The number of halogens is 12. The number of hydrogen-bond donors (Lipinski definition) is 0. The molecular formula is C6F12O2. The summed E-state index contributed by atoms with van der Waals surface area (Å²) in [6.45, 7) is 0. The largest absolute Gasteiger partial charge is 0.464 e. The number of hydrogen-bond acceptors (Lipinski definition) is 2. The van der Waals surface area contributed by atoms with E-state index in [0.717, 1.165) is 0 Å². The molecule has 0 rings (SSSR count). The fraction of sp³-hybridized carbons (Fsp3) is 0.667. The molecule has 0 spiro atoms. The minimum atomic E-state index is -6.14. The average molecular weight is 332 g/mol. The van der Waals surface area contributed by atoms with E-state index in [1.165, 1.54) is 0 Å². The van der Waals surface area contributed by atoms with E-state index in [9.17, 15) is 52.7 Å². The Kier molecular flexibility index (Phi) is 6.10. The quantitative estimate of drug-likeness (QED) is 0.574. The maximum absolute atomic E-state index is 11.2. The summed E-state index contributed by atoms with van der Waals surface area (Å²) in [6, 6.07) is -7.39. The van der Waals surface area contributed by atoms with Gasteiger partial charge in [0.1, 0.15) is 0 Å². The van der Waals surface area contributed by atoms with Crippen LogP contribution < -0.4 is 0 Å². The summed E-state index contributed by atoms with van der Waals surface area (Å²) in [5.74, 6) is -11.7. The summed E-state index contributed by atoms with van der Waals surface area (Å²) in [5, 5.41) is 0. The number of carbonyl (C=O) groups is 2. The van der Waals surface area contributed by atoms with Crippen molar-refractivity contribution in [2.75, 3.05) is 0 Å². The number of alkyl halides is 10. The minimum Gasteiger partial charge on any atom is -0.254 e. The van der Waals surface area contributed by atoms with Gasteiger partial charge in [-0.1, -0.05) is 0 Å². The third kappa shape index (κ3) is 4.88. The van der Waals surface area contributed by atoms with Crippen molar-refractivity contribution in [1.82, 2.24) is 0 Å². The molecule has 120 valence electrons. The van der Waals surface area contributed by atoms with Gasteiger partial charge in [0.2, 0.25) is 0 Å². The van der Waals surface area contributed by atoms with Gasteiger partial charge >= 0.3 is 36.3 Å². The van der Waals surface area contributed by atoms with Crippen LogP contribution in [-0.2, 0) is 9.59 Å². The van der Waals surface area contributed by atoms with Gasteiger partial charge in [-0.2, -0.15) is 52.7 Å². The first-order valence-electron chi connectivity index (χ1n) is 3.68. The Morgan fingerprint density at radius 3 is 0.650 bits per heavy atom. The molecule has 0 atom stereocenters. The van der Waals surface area contributed by atoms with Gasteiger partial charge in [0.25, 0.3) is 0 Å². The summed E-state index contributed by atoms with van der Waals surface area (Å²) in [5.41, 5.74) is 0. The molecule has 0 saturated heterocycles. The van der Waals surface area contributed by atoms with Gasteiger partial charge in [-0.05, 0) is 0 Å². The molecule has 20 heavy (non-hydrogen) atoms. The van der Waals surface area contributed by atoms with Crippen molar-refractivity contribution in [3.05, 3.63) is 0 Å². The molecule has 14 heteroatoms. The molecule has 0 N–H and O–H groups in total. The molecule has 0 bridgehead atoms. The van der Waals surface area contributed by atoms with Crippen molar-refractivity contribution >= 4 is 12.1 Å². The molecule has 0 saturated carbocycles. The van der Waals surface area contributed by atoms with E-state index in [4.69, 9.17) is 9.59 Å². The summed E-state index contributed by atoms with van der Waals surface area (Å²) in [6.07, 6.45) is -12.3. The molecule has 0 aliphatic carbocycles. The zero-order valence-corrected chi connectivity index (χ0v) is 8.35. The van der Waals surface area contributed by atoms with Crippen LogP contribution in [0.3, 0.4) is 0 Å². The lowest BCUT2D eigenvalue weighted by atomic mass is 10.3. The third-order valence-corrected chi connectivity index (χ3v) is 1.21. The summed E-state index contributed by atoms with van der Waals surface area (Å²) in [4.78, 5) is 18.0. The van der Waals surface area contributed by atoms with Crippen LogP contribution in [0.4, 0.5) is 52.7 Å². The van der Waals surface area contributed by atoms with E-state index in [-0.39, 0.29) is 0 Å². The lowest BCUT2D eigenvalue weighted by Crippen LogP contribution is -2.41. The molecule has 0 aliphatic rings. The summed E-state index contributed by atoms with van der Waals surface area (Å²) in [7, 11) is 0. The molecule has 0 aromatic rings. The Bertz CT molecular complexity index is 327. The predicted molar refractivity (Wildman–Crippen MR) is 34.2 cm³/mol. The Labute approximate surface area is 99.9 Å². The highest BCUT2D eigenvalue weighted by Crippen LogP contribution is 2.36. The SMILES string of the molecule is O=C(F)C(F)(F)C(F)(F)F.O=C(F)C(F)(F)C(F)(F)F. The first-order chi connectivity index (χ1) is 8.39. The average Bonchev–Trinajstić information content (AvgIpc) is 2.14. The van der Waals surface area contributed by atoms with Crippen molar-refractivity contribution in [2.24, 2.45) is 0 Å². The second-order valence-corrected chi connectivity index (χ2v) is 2.69. The Balaban J connectivity index is 0. The standard InChI is InChI=1S/2C3F6O/c2*4-1(10)2(5,6)3(7,8)9. The monoisotopic (exact) mass is 332 g/mol. The van der Waals surface area contributed by atoms with E-state index < -0.39 is 36.3 Å². The van der Waals surface area contributed by atoms with Crippen molar-refractivity contribution < 1.29 is 62.3 Å². The number of carbonyl (C=O) groups excluding carboxylic acids is 2. The molecule has 0 aromatic carbocycles. The Morgan fingerprint density at radius 1 is 0.500 bits per heavy atom. The number of rotatable bonds is 2. The fourth-order valence-electron chi connectivity index (χ4n) is 0.223. The molecular weight excluding hydrogens is 332 g/mol. The van der Waals surface area contributed by atoms with E-state index in [0.29, 0.717) is 0 Å². The van der Waals surface area contributed by atoms with Crippen molar-refractivity contribution in [1.29, 1.82) is 0 Å². The summed E-state index contributed by atoms with van der Waals surface area (Å²) < 4.78 is 132. The summed E-state index contributed by atoms with van der Waals surface area (Å²) >= 11 is 0.